The number of nitrogens with one attached hydrogen (secondary N) is 1. The number of nitrogens with two attached hydrogens (primary N) is 2. The van der Waals surface area contributed by atoms with Crippen molar-refractivity contribution in [1.82, 2.24) is 5.09 Å². The summed E-state index contributed by atoms with van der Waals surface area (Å²) in [5.41, 5.74) is 9.95. The van der Waals surface area contributed by atoms with Crippen LogP contribution in [0.2, 0.25) is 0 Å². The lowest BCUT2D eigenvalue weighted by Gasteiger charge is -2.06. The molecule has 13 heavy (non-hydrogen) atoms. The minimum absolute atomic E-state index is 0.406. The second-order valence-corrected chi connectivity index (χ2v) is 5.75. The third kappa shape index (κ3) is 3.58. The largest absolute Gasteiger partial charge is 0.300 e. The Labute approximate surface area is 87.2 Å². The van der Waals surface area contributed by atoms with Gasteiger partial charge in [0.05, 0.1) is 4.88 Å². The maximum atomic E-state index is 11.2. The quantitative estimate of drug-likeness (QED) is 0.712. The average molecular weight is 284 g/mol. The lowest BCUT2D eigenvalue weighted by molar-refractivity contribution is 0.0984. The fourth-order valence-corrected chi connectivity index (χ4v) is 2.48. The van der Waals surface area contributed by atoms with E-state index in [4.69, 9.17) is 11.0 Å². The fourth-order valence-electron chi connectivity index (χ4n) is 0.646. The molecule has 1 rings (SSSR count). The fraction of sp³-hybridized carbons (Fsp3) is 0. The third-order valence-electron chi connectivity index (χ3n) is 1.07. The molecule has 5 nitrogen and oxygen atoms in total. The predicted molar refractivity (Wildman–Crippen MR) is 55.5 cm³/mol. The third-order valence-corrected chi connectivity index (χ3v) is 3.31. The van der Waals surface area contributed by atoms with Crippen LogP contribution in [0.3, 0.4) is 0 Å². The van der Waals surface area contributed by atoms with Gasteiger partial charge in [0.15, 0.2) is 0 Å². The zero-order valence-electron chi connectivity index (χ0n) is 6.36. The van der Waals surface area contributed by atoms with Crippen molar-refractivity contribution in [3.8, 4) is 0 Å². The van der Waals surface area contributed by atoms with Crippen LogP contribution in [0.5, 0.6) is 0 Å². The van der Waals surface area contributed by atoms with Gasteiger partial charge >= 0.3 is 7.59 Å². The predicted octanol–water partition coefficient (Wildman–Crippen LogP) is 1.27. The molecule has 0 fully saturated rings. The molecule has 0 aliphatic heterocycles. The van der Waals surface area contributed by atoms with Crippen LogP contribution in [0.25, 0.3) is 0 Å². The van der Waals surface area contributed by atoms with E-state index >= 15 is 0 Å². The second kappa shape index (κ2) is 3.89. The van der Waals surface area contributed by atoms with E-state index in [1.54, 1.807) is 11.4 Å². The number of carbonyl (C=O) groups is 1. The summed E-state index contributed by atoms with van der Waals surface area (Å²) in [5.74, 6) is -0.524. The molecule has 1 aromatic rings. The summed E-state index contributed by atoms with van der Waals surface area (Å²) < 4.78 is 11.6. The number of amides is 1. The summed E-state index contributed by atoms with van der Waals surface area (Å²) in [6, 6.07) is 1.59. The Morgan fingerprint density at radius 3 is 2.62 bits per heavy atom. The van der Waals surface area contributed by atoms with Crippen LogP contribution >= 0.6 is 34.9 Å². The topological polar surface area (TPSA) is 98.2 Å². The molecule has 0 spiro atoms. The molecule has 0 aliphatic carbocycles. The normalized spacial score (nSPS) is 11.3. The highest BCUT2D eigenvalue weighted by Crippen LogP contribution is 2.23. The van der Waals surface area contributed by atoms with Gasteiger partial charge in [-0.2, -0.15) is 0 Å². The Balaban J connectivity index is 2.75. The number of carbonyl (C=O) groups excluding carboxylic acids is 1. The van der Waals surface area contributed by atoms with Crippen LogP contribution in [0.4, 0.5) is 0 Å². The molecular weight excluding hydrogens is 277 g/mol. The lowest BCUT2D eigenvalue weighted by atomic mass is 10.5. The number of halogens is 1. The van der Waals surface area contributed by atoms with E-state index in [1.807, 2.05) is 5.09 Å². The molecule has 1 heterocycles. The van der Waals surface area contributed by atoms with Crippen molar-refractivity contribution in [2.75, 3.05) is 0 Å². The van der Waals surface area contributed by atoms with Gasteiger partial charge in [-0.3, -0.25) is 25.5 Å². The molecule has 0 unspecified atom stereocenters. The summed E-state index contributed by atoms with van der Waals surface area (Å²) in [7, 11) is -3.49. The van der Waals surface area contributed by atoms with Crippen LogP contribution in [0, 0.1) is 0 Å². The Bertz CT molecular complexity index is 374. The van der Waals surface area contributed by atoms with Gasteiger partial charge in [-0.15, -0.1) is 11.3 Å². The molecule has 1 aromatic heterocycles. The van der Waals surface area contributed by atoms with Gasteiger partial charge in [-0.25, -0.2) is 0 Å². The molecule has 0 saturated carbocycles. The number of hydrogen-bond acceptors (Lipinski definition) is 3. The summed E-state index contributed by atoms with van der Waals surface area (Å²) in [4.78, 5) is 11.6. The molecule has 0 radical (unpaired) electrons. The first kappa shape index (κ1) is 10.9. The Morgan fingerprint density at radius 2 is 2.23 bits per heavy atom. The molecule has 0 bridgehead atoms. The van der Waals surface area contributed by atoms with E-state index < -0.39 is 13.5 Å². The van der Waals surface area contributed by atoms with Crippen molar-refractivity contribution in [2.45, 2.75) is 0 Å². The number of rotatable bonds is 2. The summed E-state index contributed by atoms with van der Waals surface area (Å²) in [5, 5.41) is 3.74. The van der Waals surface area contributed by atoms with E-state index in [2.05, 4.69) is 15.9 Å². The van der Waals surface area contributed by atoms with Crippen molar-refractivity contribution in [3.63, 3.8) is 0 Å². The SMILES string of the molecule is NP(N)(=O)NC(=O)c1cc(Br)cs1. The Hall–Kier alpha value is -0.200. The molecule has 0 aliphatic rings. The minimum Gasteiger partial charge on any atom is -0.279 e. The first-order valence-electron chi connectivity index (χ1n) is 3.12. The van der Waals surface area contributed by atoms with E-state index in [1.165, 1.54) is 11.3 Å². The van der Waals surface area contributed by atoms with Gasteiger partial charge in [0.25, 0.3) is 5.91 Å². The van der Waals surface area contributed by atoms with Crippen molar-refractivity contribution in [2.24, 2.45) is 11.0 Å². The molecule has 0 atom stereocenters. The molecule has 8 heteroatoms. The summed E-state index contributed by atoms with van der Waals surface area (Å²) in [6.45, 7) is 0. The van der Waals surface area contributed by atoms with E-state index in [-0.39, 0.29) is 0 Å². The Morgan fingerprint density at radius 1 is 1.62 bits per heavy atom. The molecule has 5 N–H and O–H groups in total. The number of thiophene rings is 1. The standard InChI is InChI=1S/C5H7BrN3O2PS/c6-3-1-4(13-2-3)5(10)9-12(7,8)11/h1-2H,(H5,7,8,9,10,11). The molecule has 72 valence electrons. The van der Waals surface area contributed by atoms with Crippen LogP contribution in [0.15, 0.2) is 15.9 Å². The smallest absolute Gasteiger partial charge is 0.279 e. The van der Waals surface area contributed by atoms with Gasteiger partial charge in [0, 0.05) is 9.85 Å². The summed E-state index contributed by atoms with van der Waals surface area (Å²) >= 11 is 4.39. The van der Waals surface area contributed by atoms with Crippen LogP contribution in [0.1, 0.15) is 9.67 Å². The lowest BCUT2D eigenvalue weighted by Crippen LogP contribution is -2.27. The van der Waals surface area contributed by atoms with Crippen molar-refractivity contribution in [1.29, 1.82) is 0 Å². The minimum atomic E-state index is -3.49. The van der Waals surface area contributed by atoms with Crippen molar-refractivity contribution < 1.29 is 9.36 Å². The Kier molecular flexibility index (Phi) is 3.26. The van der Waals surface area contributed by atoms with Crippen LogP contribution < -0.4 is 16.1 Å². The van der Waals surface area contributed by atoms with Crippen molar-refractivity contribution >= 4 is 40.8 Å². The molecule has 0 saturated heterocycles. The van der Waals surface area contributed by atoms with Gasteiger partial charge in [0.2, 0.25) is 0 Å². The maximum absolute atomic E-state index is 11.2. The molecular formula is C5H7BrN3O2PS. The zero-order chi connectivity index (χ0) is 10.1. The van der Waals surface area contributed by atoms with Gasteiger partial charge in [-0.1, -0.05) is 0 Å². The highest BCUT2D eigenvalue weighted by Gasteiger charge is 2.15. The van der Waals surface area contributed by atoms with Crippen molar-refractivity contribution in [3.05, 3.63) is 20.8 Å². The molecule has 0 aromatic carbocycles. The van der Waals surface area contributed by atoms with E-state index in [9.17, 15) is 9.36 Å². The van der Waals surface area contributed by atoms with Crippen LogP contribution in [-0.4, -0.2) is 5.91 Å². The van der Waals surface area contributed by atoms with Gasteiger partial charge in [0.1, 0.15) is 0 Å². The van der Waals surface area contributed by atoms with Gasteiger partial charge < -0.3 is 0 Å². The average Bonchev–Trinajstić information content (AvgIpc) is 2.31. The molecule has 1 amide bonds. The first-order chi connectivity index (χ1) is 5.88. The highest BCUT2D eigenvalue weighted by molar-refractivity contribution is 9.10. The van der Waals surface area contributed by atoms with Gasteiger partial charge in [-0.05, 0) is 22.0 Å². The van der Waals surface area contributed by atoms with Crippen LogP contribution in [-0.2, 0) is 4.57 Å². The maximum Gasteiger partial charge on any atom is 0.300 e. The number of hydrogen-bond donors (Lipinski definition) is 3. The zero-order valence-corrected chi connectivity index (χ0v) is 9.66. The monoisotopic (exact) mass is 283 g/mol. The second-order valence-electron chi connectivity index (χ2n) is 2.28. The summed E-state index contributed by atoms with van der Waals surface area (Å²) in [6.07, 6.45) is 0. The first-order valence-corrected chi connectivity index (χ1v) is 6.64. The van der Waals surface area contributed by atoms with E-state index in [0.29, 0.717) is 4.88 Å². The van der Waals surface area contributed by atoms with E-state index in [0.717, 1.165) is 4.47 Å². The highest BCUT2D eigenvalue weighted by atomic mass is 79.9.